The van der Waals surface area contributed by atoms with Crippen molar-refractivity contribution in [3.05, 3.63) is 26.6 Å². The van der Waals surface area contributed by atoms with Gasteiger partial charge in [0.05, 0.1) is 0 Å². The van der Waals surface area contributed by atoms with Crippen molar-refractivity contribution in [2.45, 2.75) is 6.92 Å². The predicted octanol–water partition coefficient (Wildman–Crippen LogP) is 1.21. The first-order valence-corrected chi connectivity index (χ1v) is 9.55. The number of hydrogen-bond acceptors (Lipinski definition) is 0. The van der Waals surface area contributed by atoms with Crippen molar-refractivity contribution in [1.29, 1.82) is 0 Å². The van der Waals surface area contributed by atoms with Crippen LogP contribution < -0.4 is 0 Å². The summed E-state index contributed by atoms with van der Waals surface area (Å²) in [5, 5.41) is 0. The molecule has 4 nitrogen and oxygen atoms in total. The summed E-state index contributed by atoms with van der Waals surface area (Å²) >= 11 is 3.11. The van der Waals surface area contributed by atoms with E-state index in [2.05, 4.69) is 44.1 Å². The van der Waals surface area contributed by atoms with Gasteiger partial charge in [0, 0.05) is 0 Å². The molecule has 0 rings (SSSR count). The Hall–Kier alpha value is -0.0917. The Bertz CT molecular complexity index is 141. The normalized spacial score (nSPS) is 2.17. The van der Waals surface area contributed by atoms with Crippen LogP contribution in [-0.4, -0.2) is 0 Å². The monoisotopic (exact) mass is 402 g/mol. The van der Waals surface area contributed by atoms with Gasteiger partial charge in [0.2, 0.25) is 0 Å². The predicted molar refractivity (Wildman–Crippen MR) is 34.2 cm³/mol. The molecule has 0 aliphatic rings. The quantitative estimate of drug-likeness (QED) is 0.431. The van der Waals surface area contributed by atoms with Crippen LogP contribution in [0.4, 0.5) is 0 Å². The summed E-state index contributed by atoms with van der Waals surface area (Å²) in [5.41, 5.74) is 0. The van der Waals surface area contributed by atoms with Crippen molar-refractivity contribution in [3.8, 4) is 4.20 Å². The zero-order chi connectivity index (χ0) is 11.4. The maximum atomic E-state index is 7.50. The zero-order valence-corrected chi connectivity index (χ0v) is 10.4. The molecule has 0 atom stereocenters. The molecule has 0 radical (unpaired) electrons. The fraction of sp³-hybridized carbons (Fsp3) is 0.167. The van der Waals surface area contributed by atoms with E-state index in [1.54, 1.807) is 0 Å². The number of rotatable bonds is 0. The van der Waals surface area contributed by atoms with Crippen molar-refractivity contribution in [2.24, 2.45) is 0 Å². The van der Waals surface area contributed by atoms with E-state index in [-0.39, 0.29) is 15.8 Å². The standard InChI is InChI=1S/C2H3.4CO.BrH.W/c5*1-2;;/h1H3;;;;;1H;/q;;;;;;+1/p-1. The Morgan fingerprint density at radius 3 is 1.00 bits per heavy atom. The molecule has 0 spiro atoms. The van der Waals surface area contributed by atoms with Gasteiger partial charge in [0.1, 0.15) is 0 Å². The minimum atomic E-state index is -0.192. The molecule has 0 bridgehead atoms. The van der Waals surface area contributed by atoms with Gasteiger partial charge in [-0.15, -0.1) is 0 Å². The van der Waals surface area contributed by atoms with E-state index >= 15 is 0 Å². The third kappa shape index (κ3) is 953. The van der Waals surface area contributed by atoms with Crippen molar-refractivity contribution in [3.63, 3.8) is 0 Å². The van der Waals surface area contributed by atoms with Gasteiger partial charge in [-0.2, -0.15) is 0 Å². The summed E-state index contributed by atoms with van der Waals surface area (Å²) < 4.78 is 33.0. The Morgan fingerprint density at radius 2 is 1.00 bits per heavy atom. The van der Waals surface area contributed by atoms with E-state index in [1.165, 1.54) is 0 Å². The number of hydrogen-bond donors (Lipinski definition) is 0. The molecule has 6 heteroatoms. The molecular weight excluding hydrogens is 400 g/mol. The van der Waals surface area contributed by atoms with Gasteiger partial charge >= 0.3 is 85.5 Å². The second kappa shape index (κ2) is 294. The van der Waals surface area contributed by atoms with Gasteiger partial charge in [0.15, 0.2) is 0 Å². The van der Waals surface area contributed by atoms with Crippen LogP contribution in [0.2, 0.25) is 0 Å². The topological polar surface area (TPSA) is 79.6 Å². The molecule has 0 aliphatic carbocycles. The third-order valence-electron chi connectivity index (χ3n) is 0.0772. The van der Waals surface area contributed by atoms with E-state index in [9.17, 15) is 0 Å². The summed E-state index contributed by atoms with van der Waals surface area (Å²) in [7, 11) is 0. The van der Waals surface area contributed by atoms with Gasteiger partial charge in [-0.25, -0.2) is 0 Å². The minimum absolute atomic E-state index is 0.192. The van der Waals surface area contributed by atoms with Crippen LogP contribution in [0.1, 0.15) is 6.92 Å². The molecule has 0 aromatic carbocycles. The van der Waals surface area contributed by atoms with Crippen LogP contribution in [0.5, 0.6) is 0 Å². The maximum absolute atomic E-state index is 7.50. The Morgan fingerprint density at radius 1 is 0.917 bits per heavy atom. The zero-order valence-electron chi connectivity index (χ0n) is 5.92. The summed E-state index contributed by atoms with van der Waals surface area (Å²) in [6, 6.07) is 0. The van der Waals surface area contributed by atoms with Crippen LogP contribution >= 0.6 is 13.3 Å². The van der Waals surface area contributed by atoms with Crippen molar-refractivity contribution < 1.29 is 34.5 Å². The van der Waals surface area contributed by atoms with Gasteiger partial charge in [-0.05, 0) is 0 Å². The van der Waals surface area contributed by atoms with Crippen LogP contribution in [0.25, 0.3) is 0 Å². The second-order valence-corrected chi connectivity index (χ2v) is 4.95. The molecular formula is C6H3BrO4W. The third-order valence-corrected chi connectivity index (χ3v) is 3.28. The van der Waals surface area contributed by atoms with Crippen molar-refractivity contribution in [2.75, 3.05) is 0 Å². The molecule has 0 aromatic rings. The van der Waals surface area contributed by atoms with Gasteiger partial charge in [-0.1, -0.05) is 0 Å². The Labute approximate surface area is 85.4 Å². The van der Waals surface area contributed by atoms with Crippen LogP contribution in [0, 0.1) is 30.8 Å². The Balaban J connectivity index is -0.0000000181. The summed E-state index contributed by atoms with van der Waals surface area (Å²) in [5.74, 6) is 0. The molecule has 0 aliphatic heterocycles. The average molecular weight is 403 g/mol. The Kier molecular flexibility index (Phi) is 728. The van der Waals surface area contributed by atoms with E-state index in [4.69, 9.17) is 18.6 Å². The first-order chi connectivity index (χ1) is 5.91. The SMILES string of the molecule is C[C]#[W][Br].[C-]#[O+].[C-]#[O+].[C-]#[O+].[C-]#[O+]. The molecule has 0 amide bonds. The van der Waals surface area contributed by atoms with Crippen LogP contribution in [-0.2, 0) is 34.5 Å². The van der Waals surface area contributed by atoms with E-state index in [1.807, 2.05) is 6.92 Å². The fourth-order valence-corrected chi connectivity index (χ4v) is 0. The summed E-state index contributed by atoms with van der Waals surface area (Å²) in [6.07, 6.45) is 0. The van der Waals surface area contributed by atoms with Gasteiger partial charge < -0.3 is 0 Å². The van der Waals surface area contributed by atoms with Gasteiger partial charge in [0.25, 0.3) is 0 Å². The molecule has 0 saturated heterocycles. The molecule has 0 saturated carbocycles. The fourth-order valence-electron chi connectivity index (χ4n) is 0. The first-order valence-electron chi connectivity index (χ1n) is 1.67. The van der Waals surface area contributed by atoms with Crippen molar-refractivity contribution in [1.82, 2.24) is 0 Å². The second-order valence-electron chi connectivity index (χ2n) is 0.281. The molecule has 0 unspecified atom stereocenters. The summed E-state index contributed by atoms with van der Waals surface area (Å²) in [4.78, 5) is 0. The van der Waals surface area contributed by atoms with Gasteiger partial charge in [-0.3, -0.25) is 0 Å². The molecule has 0 heterocycles. The van der Waals surface area contributed by atoms with E-state index in [0.29, 0.717) is 0 Å². The van der Waals surface area contributed by atoms with E-state index in [0.717, 1.165) is 0 Å². The van der Waals surface area contributed by atoms with Crippen LogP contribution in [0.3, 0.4) is 0 Å². The van der Waals surface area contributed by atoms with Crippen molar-refractivity contribution >= 4 is 13.3 Å². The molecule has 0 fully saturated rings. The number of halogens is 1. The summed E-state index contributed by atoms with van der Waals surface area (Å²) in [6.45, 7) is 20.0. The average Bonchev–Trinajstić information content (AvgIpc) is 2.29. The van der Waals surface area contributed by atoms with E-state index < -0.39 is 0 Å². The molecule has 64 valence electrons. The molecule has 0 N–H and O–H groups in total. The first kappa shape index (κ1) is 29.7. The molecule has 0 aromatic heterocycles. The molecule has 12 heavy (non-hydrogen) atoms. The van der Waals surface area contributed by atoms with Crippen LogP contribution in [0.15, 0.2) is 0 Å².